The number of quaternary nitrogens is 1. The van der Waals surface area contributed by atoms with Crippen LogP contribution in [-0.4, -0.2) is 17.1 Å². The van der Waals surface area contributed by atoms with Crippen LogP contribution in [-0.2, 0) is 11.4 Å². The molecule has 1 atom stereocenters. The number of para-hydroxylation sites is 1. The molecule has 25 heavy (non-hydrogen) atoms. The molecule has 4 N–H and O–H groups in total. The highest BCUT2D eigenvalue weighted by atomic mass is 16.7. The number of amidine groups is 1. The Morgan fingerprint density at radius 3 is 2.60 bits per heavy atom. The first-order valence-corrected chi connectivity index (χ1v) is 7.50. The highest BCUT2D eigenvalue weighted by Crippen LogP contribution is 2.06. The Bertz CT molecular complexity index is 803. The molecule has 1 aliphatic rings. The highest BCUT2D eigenvalue weighted by molar-refractivity contribution is 5.87. The summed E-state index contributed by atoms with van der Waals surface area (Å²) in [6, 6.07) is 15.0. The van der Waals surface area contributed by atoms with Crippen LogP contribution in [0.3, 0.4) is 0 Å². The normalized spacial score (nSPS) is 16.9. The van der Waals surface area contributed by atoms with Gasteiger partial charge in [0.1, 0.15) is 6.54 Å². The van der Waals surface area contributed by atoms with Gasteiger partial charge in [-0.3, -0.25) is 0 Å². The number of aromatic carboxylic acids is 1. The molecule has 0 saturated carbocycles. The second kappa shape index (κ2) is 7.47. The van der Waals surface area contributed by atoms with Gasteiger partial charge in [0.15, 0.2) is 6.20 Å². The second-order valence-electron chi connectivity index (χ2n) is 5.30. The van der Waals surface area contributed by atoms with E-state index in [1.165, 1.54) is 12.1 Å². The Morgan fingerprint density at radius 2 is 1.92 bits per heavy atom. The van der Waals surface area contributed by atoms with Gasteiger partial charge >= 0.3 is 5.97 Å². The molecule has 0 aliphatic carbocycles. The van der Waals surface area contributed by atoms with Gasteiger partial charge in [0.05, 0.1) is 11.6 Å². The first kappa shape index (κ1) is 16.5. The van der Waals surface area contributed by atoms with Crippen molar-refractivity contribution in [2.75, 3.05) is 5.32 Å². The van der Waals surface area contributed by atoms with E-state index in [1.807, 2.05) is 18.2 Å². The molecule has 0 amide bonds. The maximum Gasteiger partial charge on any atom is 0.335 e. The first-order chi connectivity index (χ1) is 12.1. The Hall–Kier alpha value is -3.36. The van der Waals surface area contributed by atoms with Crippen LogP contribution in [0.5, 0.6) is 0 Å². The van der Waals surface area contributed by atoms with Crippen LogP contribution in [0, 0.1) is 0 Å². The lowest BCUT2D eigenvalue weighted by atomic mass is 10.1. The number of hydrogen-bond acceptors (Lipinski definition) is 5. The molecular formula is C17H16N4O4. The zero-order valence-corrected chi connectivity index (χ0v) is 13.1. The van der Waals surface area contributed by atoms with Crippen LogP contribution >= 0.6 is 0 Å². The number of aliphatic imine (C=N–C) groups is 1. The third-order valence-electron chi connectivity index (χ3n) is 3.42. The molecule has 2 aromatic rings. The summed E-state index contributed by atoms with van der Waals surface area (Å²) in [7, 11) is 0. The average molecular weight is 340 g/mol. The average Bonchev–Trinajstić information content (AvgIpc) is 3.03. The zero-order chi connectivity index (χ0) is 17.6. The van der Waals surface area contributed by atoms with Crippen LogP contribution in [0.1, 0.15) is 15.9 Å². The van der Waals surface area contributed by atoms with Crippen LogP contribution in [0.15, 0.2) is 71.7 Å². The summed E-state index contributed by atoms with van der Waals surface area (Å²) in [6.45, 7) is 0.499. The molecule has 8 heteroatoms. The van der Waals surface area contributed by atoms with Gasteiger partial charge in [0.25, 0.3) is 5.88 Å². The van der Waals surface area contributed by atoms with Gasteiger partial charge in [0, 0.05) is 16.8 Å². The predicted molar refractivity (Wildman–Crippen MR) is 87.9 cm³/mol. The molecule has 1 heterocycles. The summed E-state index contributed by atoms with van der Waals surface area (Å²) < 4.78 is 0. The van der Waals surface area contributed by atoms with E-state index in [0.29, 0.717) is 17.2 Å². The third-order valence-corrected chi connectivity index (χ3v) is 3.42. The number of carbonyl (C=O) groups is 1. The number of hydrogen-bond donors (Lipinski definition) is 4. The molecule has 0 spiro atoms. The van der Waals surface area contributed by atoms with E-state index >= 15 is 0 Å². The molecule has 0 saturated heterocycles. The van der Waals surface area contributed by atoms with Gasteiger partial charge in [-0.05, 0) is 24.3 Å². The maximum absolute atomic E-state index is 11.8. The summed E-state index contributed by atoms with van der Waals surface area (Å²) >= 11 is 0. The molecule has 1 aliphatic heterocycles. The minimum atomic E-state index is -0.966. The third kappa shape index (κ3) is 4.56. The Labute approximate surface area is 143 Å². The number of anilines is 1. The van der Waals surface area contributed by atoms with Crippen molar-refractivity contribution in [3.8, 4) is 0 Å². The lowest BCUT2D eigenvalue weighted by molar-refractivity contribution is -0.925. The van der Waals surface area contributed by atoms with Crippen molar-refractivity contribution in [1.29, 1.82) is 0 Å². The number of benzene rings is 2. The minimum absolute atomic E-state index is 0.158. The number of carboxylic acids is 1. The molecule has 1 unspecified atom stereocenters. The summed E-state index contributed by atoms with van der Waals surface area (Å²) in [5.41, 5.74) is 4.47. The van der Waals surface area contributed by atoms with E-state index in [0.717, 1.165) is 5.56 Å². The SMILES string of the molecule is O=C(O)c1ccc(C[NH+]2C=C(/N=C(\[O-])Nc3ccccc3)ON2)cc1. The largest absolute Gasteiger partial charge is 0.846 e. The minimum Gasteiger partial charge on any atom is -0.846 e. The van der Waals surface area contributed by atoms with Gasteiger partial charge in [-0.25, -0.2) is 9.79 Å². The quantitative estimate of drug-likeness (QED) is 0.445. The van der Waals surface area contributed by atoms with Crippen molar-refractivity contribution in [2.24, 2.45) is 4.99 Å². The zero-order valence-electron chi connectivity index (χ0n) is 13.1. The fourth-order valence-corrected chi connectivity index (χ4v) is 2.23. The molecule has 128 valence electrons. The monoisotopic (exact) mass is 340 g/mol. The summed E-state index contributed by atoms with van der Waals surface area (Å²) in [5.74, 6) is -0.808. The van der Waals surface area contributed by atoms with Crippen molar-refractivity contribution in [1.82, 2.24) is 5.59 Å². The first-order valence-electron chi connectivity index (χ1n) is 7.50. The van der Waals surface area contributed by atoms with Crippen molar-refractivity contribution in [3.05, 3.63) is 77.8 Å². The summed E-state index contributed by atoms with van der Waals surface area (Å²) in [6.07, 6.45) is 1.62. The Balaban J connectivity index is 1.60. The number of rotatable bonds is 5. The van der Waals surface area contributed by atoms with Crippen molar-refractivity contribution in [3.63, 3.8) is 0 Å². The molecule has 0 aromatic heterocycles. The summed E-state index contributed by atoms with van der Waals surface area (Å²) in [4.78, 5) is 19.8. The molecular weight excluding hydrogens is 324 g/mol. The maximum atomic E-state index is 11.8. The van der Waals surface area contributed by atoms with Gasteiger partial charge in [-0.1, -0.05) is 30.3 Å². The van der Waals surface area contributed by atoms with E-state index in [1.54, 1.807) is 30.5 Å². The highest BCUT2D eigenvalue weighted by Gasteiger charge is 2.18. The molecule has 8 nitrogen and oxygen atoms in total. The Morgan fingerprint density at radius 1 is 1.20 bits per heavy atom. The van der Waals surface area contributed by atoms with E-state index < -0.39 is 12.0 Å². The van der Waals surface area contributed by atoms with E-state index in [2.05, 4.69) is 15.9 Å². The fourth-order valence-electron chi connectivity index (χ4n) is 2.23. The van der Waals surface area contributed by atoms with Crippen molar-refractivity contribution in [2.45, 2.75) is 6.54 Å². The number of carboxylic acid groups (broad SMARTS) is 1. The fraction of sp³-hybridized carbons (Fsp3) is 0.0588. The lowest BCUT2D eigenvalue weighted by Gasteiger charge is -2.12. The predicted octanol–water partition coefficient (Wildman–Crippen LogP) is -0.153. The molecule has 0 fully saturated rings. The summed E-state index contributed by atoms with van der Waals surface area (Å²) in [5, 5.41) is 24.1. The van der Waals surface area contributed by atoms with Gasteiger partial charge in [-0.2, -0.15) is 5.01 Å². The van der Waals surface area contributed by atoms with Crippen LogP contribution in [0.4, 0.5) is 5.69 Å². The van der Waals surface area contributed by atoms with E-state index in [4.69, 9.17) is 9.94 Å². The standard InChI is InChI=1S/C17H16N4O4/c22-16(23)13-8-6-12(7-9-13)10-21-11-15(25-20-21)19-17(24)18-14-4-2-1-3-5-14/h1-9,11,20H,10H2,(H,22,23)(H2,18,19,24). The number of nitrogens with one attached hydrogen (secondary N) is 3. The van der Waals surface area contributed by atoms with Gasteiger partial charge in [0.2, 0.25) is 0 Å². The lowest BCUT2D eigenvalue weighted by Crippen LogP contribution is -3.11. The Kier molecular flexibility index (Phi) is 4.93. The topological polar surface area (TPSA) is 110 Å². The second-order valence-corrected chi connectivity index (χ2v) is 5.30. The van der Waals surface area contributed by atoms with Crippen molar-refractivity contribution < 1.29 is 24.9 Å². The molecule has 0 bridgehead atoms. The molecule has 3 rings (SSSR count). The molecule has 2 aromatic carbocycles. The smallest absolute Gasteiger partial charge is 0.335 e. The van der Waals surface area contributed by atoms with Crippen LogP contribution in [0.2, 0.25) is 0 Å². The number of nitrogens with zero attached hydrogens (tertiary/aromatic N) is 1. The van der Waals surface area contributed by atoms with Crippen molar-refractivity contribution >= 4 is 17.7 Å². The van der Waals surface area contributed by atoms with Gasteiger partial charge in [-0.15, -0.1) is 0 Å². The van der Waals surface area contributed by atoms with Gasteiger partial charge < -0.3 is 20.4 Å². The van der Waals surface area contributed by atoms with Crippen LogP contribution in [0.25, 0.3) is 0 Å². The van der Waals surface area contributed by atoms with Crippen LogP contribution < -0.4 is 21.0 Å². The van der Waals surface area contributed by atoms with E-state index in [9.17, 15) is 9.90 Å². The molecule has 0 radical (unpaired) electrons. The van der Waals surface area contributed by atoms with E-state index in [-0.39, 0.29) is 11.4 Å².